The van der Waals surface area contributed by atoms with Gasteiger partial charge in [-0.25, -0.2) is 4.98 Å². The molecule has 0 bridgehead atoms. The lowest BCUT2D eigenvalue weighted by molar-refractivity contribution is -0.119. The number of imidazole rings is 1. The number of fused-ring (bicyclic) bond motifs is 1. The first-order chi connectivity index (χ1) is 11.7. The molecule has 1 amide bonds. The first kappa shape index (κ1) is 17.1. The zero-order chi connectivity index (χ0) is 16.9. The Hall–Kier alpha value is -1.69. The summed E-state index contributed by atoms with van der Waals surface area (Å²) in [4.78, 5) is 20.0. The second-order valence-electron chi connectivity index (χ2n) is 6.38. The molecule has 1 aliphatic carbocycles. The molecule has 2 aromatic rings. The minimum atomic E-state index is 0.0919. The molecule has 0 spiro atoms. The summed E-state index contributed by atoms with van der Waals surface area (Å²) < 4.78 is 5.50. The van der Waals surface area contributed by atoms with Crippen LogP contribution in [0, 0.1) is 5.92 Å². The summed E-state index contributed by atoms with van der Waals surface area (Å²) in [6.07, 6.45) is 4.81. The number of carbonyl (C=O) groups is 1. The van der Waals surface area contributed by atoms with E-state index in [1.165, 1.54) is 31.0 Å². The molecular weight excluding hydrogens is 322 g/mol. The number of H-pyrrole nitrogens is 1. The van der Waals surface area contributed by atoms with Crippen LogP contribution in [0.25, 0.3) is 11.0 Å². The Morgan fingerprint density at radius 2 is 2.25 bits per heavy atom. The Morgan fingerprint density at radius 3 is 3.04 bits per heavy atom. The first-order valence-electron chi connectivity index (χ1n) is 8.70. The molecule has 1 aromatic heterocycles. The van der Waals surface area contributed by atoms with Gasteiger partial charge in [0.1, 0.15) is 5.75 Å². The molecule has 1 aromatic carbocycles. The second-order valence-corrected chi connectivity index (χ2v) is 7.34. The number of aromatic amines is 1. The van der Waals surface area contributed by atoms with E-state index in [-0.39, 0.29) is 5.91 Å². The number of benzene rings is 1. The van der Waals surface area contributed by atoms with Crippen LogP contribution in [0.2, 0.25) is 0 Å². The number of amides is 1. The lowest BCUT2D eigenvalue weighted by Gasteiger charge is -2.29. The molecule has 2 N–H and O–H groups in total. The number of thioether (sulfide) groups is 1. The van der Waals surface area contributed by atoms with Gasteiger partial charge in [0.05, 0.1) is 23.4 Å². The fourth-order valence-electron chi connectivity index (χ4n) is 3.20. The topological polar surface area (TPSA) is 67.0 Å². The van der Waals surface area contributed by atoms with Crippen LogP contribution in [-0.4, -0.2) is 34.3 Å². The predicted molar refractivity (Wildman–Crippen MR) is 97.5 cm³/mol. The van der Waals surface area contributed by atoms with Crippen molar-refractivity contribution in [2.75, 3.05) is 12.4 Å². The Kier molecular flexibility index (Phi) is 5.66. The summed E-state index contributed by atoms with van der Waals surface area (Å²) in [5.41, 5.74) is 1.83. The molecular formula is C18H25N3O2S. The van der Waals surface area contributed by atoms with Crippen LogP contribution in [0.5, 0.6) is 5.75 Å². The van der Waals surface area contributed by atoms with Crippen molar-refractivity contribution in [1.29, 1.82) is 0 Å². The van der Waals surface area contributed by atoms with Gasteiger partial charge in [-0.2, -0.15) is 0 Å². The van der Waals surface area contributed by atoms with E-state index in [1.54, 1.807) is 0 Å². The van der Waals surface area contributed by atoms with E-state index in [2.05, 4.69) is 22.2 Å². The van der Waals surface area contributed by atoms with Gasteiger partial charge in [0.2, 0.25) is 5.91 Å². The van der Waals surface area contributed by atoms with Crippen molar-refractivity contribution in [2.24, 2.45) is 5.92 Å². The lowest BCUT2D eigenvalue weighted by atomic mass is 9.86. The third-order valence-electron chi connectivity index (χ3n) is 4.54. The predicted octanol–water partition coefficient (Wildman–Crippen LogP) is 3.75. The van der Waals surface area contributed by atoms with E-state index in [0.29, 0.717) is 24.3 Å². The van der Waals surface area contributed by atoms with E-state index in [4.69, 9.17) is 4.74 Å². The number of rotatable bonds is 6. The maximum Gasteiger partial charge on any atom is 0.230 e. The summed E-state index contributed by atoms with van der Waals surface area (Å²) >= 11 is 1.44. The van der Waals surface area contributed by atoms with Crippen LogP contribution in [-0.2, 0) is 4.79 Å². The van der Waals surface area contributed by atoms with Crippen molar-refractivity contribution in [2.45, 2.75) is 50.7 Å². The first-order valence-corrected chi connectivity index (χ1v) is 9.69. The highest BCUT2D eigenvalue weighted by molar-refractivity contribution is 7.99. The van der Waals surface area contributed by atoms with Crippen molar-refractivity contribution in [3.63, 3.8) is 0 Å². The van der Waals surface area contributed by atoms with E-state index >= 15 is 0 Å². The highest BCUT2D eigenvalue weighted by atomic mass is 32.2. The van der Waals surface area contributed by atoms with Crippen LogP contribution < -0.4 is 10.1 Å². The van der Waals surface area contributed by atoms with Gasteiger partial charge in [-0.1, -0.05) is 31.5 Å². The molecule has 24 heavy (non-hydrogen) atoms. The Morgan fingerprint density at radius 1 is 1.42 bits per heavy atom. The summed E-state index contributed by atoms with van der Waals surface area (Å²) in [6.45, 7) is 4.83. The molecule has 0 saturated heterocycles. The third kappa shape index (κ3) is 4.23. The standard InChI is InChI=1S/C18H25N3O2S/c1-3-23-13-8-9-15-16(10-13)21-18(20-15)24-11-17(22)19-14-7-5-4-6-12(14)2/h8-10,12,14H,3-7,11H2,1-2H3,(H,19,22)(H,20,21)/t12-,14-/m0/s1. The maximum absolute atomic E-state index is 12.2. The molecule has 0 aliphatic heterocycles. The number of nitrogens with one attached hydrogen (secondary N) is 2. The van der Waals surface area contributed by atoms with Crippen LogP contribution in [0.15, 0.2) is 23.4 Å². The molecule has 5 nitrogen and oxygen atoms in total. The van der Waals surface area contributed by atoms with E-state index < -0.39 is 0 Å². The van der Waals surface area contributed by atoms with E-state index in [0.717, 1.165) is 28.4 Å². The molecule has 0 radical (unpaired) electrons. The highest BCUT2D eigenvalue weighted by Crippen LogP contribution is 2.25. The quantitative estimate of drug-likeness (QED) is 0.781. The van der Waals surface area contributed by atoms with Gasteiger partial charge in [0.15, 0.2) is 5.16 Å². The van der Waals surface area contributed by atoms with E-state index in [9.17, 15) is 4.79 Å². The van der Waals surface area contributed by atoms with Gasteiger partial charge in [-0.05, 0) is 37.8 Å². The molecule has 2 atom stereocenters. The fraction of sp³-hybridized carbons (Fsp3) is 0.556. The maximum atomic E-state index is 12.2. The molecule has 1 heterocycles. The summed E-state index contributed by atoms with van der Waals surface area (Å²) in [5, 5.41) is 3.95. The molecule has 0 unspecified atom stereocenters. The van der Waals surface area contributed by atoms with Crippen molar-refractivity contribution < 1.29 is 9.53 Å². The van der Waals surface area contributed by atoms with Gasteiger partial charge in [0, 0.05) is 12.1 Å². The lowest BCUT2D eigenvalue weighted by Crippen LogP contribution is -2.41. The Bertz CT molecular complexity index is 701. The number of carbonyl (C=O) groups excluding carboxylic acids is 1. The number of nitrogens with zero attached hydrogens (tertiary/aromatic N) is 1. The second kappa shape index (κ2) is 7.92. The fourth-order valence-corrected chi connectivity index (χ4v) is 3.90. The van der Waals surface area contributed by atoms with Crippen LogP contribution in [0.1, 0.15) is 39.5 Å². The van der Waals surface area contributed by atoms with Crippen molar-refractivity contribution in [1.82, 2.24) is 15.3 Å². The van der Waals surface area contributed by atoms with Crippen LogP contribution >= 0.6 is 11.8 Å². The number of ether oxygens (including phenoxy) is 1. The molecule has 1 fully saturated rings. The van der Waals surface area contributed by atoms with Gasteiger partial charge in [-0.15, -0.1) is 0 Å². The van der Waals surface area contributed by atoms with Gasteiger partial charge in [-0.3, -0.25) is 4.79 Å². The van der Waals surface area contributed by atoms with Gasteiger partial charge < -0.3 is 15.0 Å². The third-order valence-corrected chi connectivity index (χ3v) is 5.41. The average Bonchev–Trinajstić information content (AvgIpc) is 2.98. The Labute approximate surface area is 146 Å². The largest absolute Gasteiger partial charge is 0.494 e. The zero-order valence-electron chi connectivity index (χ0n) is 14.3. The Balaban J connectivity index is 1.55. The summed E-state index contributed by atoms with van der Waals surface area (Å²) in [5.74, 6) is 1.89. The molecule has 1 saturated carbocycles. The monoisotopic (exact) mass is 347 g/mol. The smallest absolute Gasteiger partial charge is 0.230 e. The summed E-state index contributed by atoms with van der Waals surface area (Å²) in [7, 11) is 0. The minimum Gasteiger partial charge on any atom is -0.494 e. The number of hydrogen-bond donors (Lipinski definition) is 2. The highest BCUT2D eigenvalue weighted by Gasteiger charge is 2.22. The molecule has 6 heteroatoms. The normalized spacial score (nSPS) is 20.9. The van der Waals surface area contributed by atoms with Crippen LogP contribution in [0.4, 0.5) is 0 Å². The number of aromatic nitrogens is 2. The average molecular weight is 347 g/mol. The van der Waals surface area contributed by atoms with Gasteiger partial charge >= 0.3 is 0 Å². The molecule has 130 valence electrons. The molecule has 1 aliphatic rings. The zero-order valence-corrected chi connectivity index (χ0v) is 15.1. The SMILES string of the molecule is CCOc1ccc2nc(SCC(=O)N[C@H]3CCCC[C@@H]3C)[nH]c2c1. The molecule has 3 rings (SSSR count). The van der Waals surface area contributed by atoms with E-state index in [1.807, 2.05) is 25.1 Å². The van der Waals surface area contributed by atoms with Gasteiger partial charge in [0.25, 0.3) is 0 Å². The van der Waals surface area contributed by atoms with Crippen molar-refractivity contribution in [3.05, 3.63) is 18.2 Å². The van der Waals surface area contributed by atoms with Crippen molar-refractivity contribution in [3.8, 4) is 5.75 Å². The minimum absolute atomic E-state index is 0.0919. The van der Waals surface area contributed by atoms with Crippen molar-refractivity contribution >= 4 is 28.7 Å². The summed E-state index contributed by atoms with van der Waals surface area (Å²) in [6, 6.07) is 6.12. The van der Waals surface area contributed by atoms with Crippen LogP contribution in [0.3, 0.4) is 0 Å². The number of hydrogen-bond acceptors (Lipinski definition) is 4.